The zero-order valence-electron chi connectivity index (χ0n) is 14.5. The Balaban J connectivity index is 0.00000225. The van der Waals surface area contributed by atoms with Crippen LogP contribution in [0.4, 0.5) is 5.69 Å². The molecule has 1 aliphatic rings. The van der Waals surface area contributed by atoms with Crippen LogP contribution in [0, 0.1) is 6.92 Å². The summed E-state index contributed by atoms with van der Waals surface area (Å²) >= 11 is 0. The van der Waals surface area contributed by atoms with E-state index < -0.39 is 0 Å². The first-order chi connectivity index (χ1) is 11.7. The number of hydrogen-bond donors (Lipinski definition) is 2. The van der Waals surface area contributed by atoms with Gasteiger partial charge in [0.2, 0.25) is 5.91 Å². The molecule has 1 fully saturated rings. The van der Waals surface area contributed by atoms with Gasteiger partial charge in [0, 0.05) is 12.5 Å². The number of ether oxygens (including phenoxy) is 1. The number of nitrogens with one attached hydrogen (secondary N) is 2. The van der Waals surface area contributed by atoms with Gasteiger partial charge in [-0.25, -0.2) is 0 Å². The van der Waals surface area contributed by atoms with E-state index in [1.807, 2.05) is 55.5 Å². The lowest BCUT2D eigenvalue weighted by molar-refractivity contribution is -0.116. The molecule has 1 heterocycles. The number of hydrogen-bond acceptors (Lipinski definition) is 3. The van der Waals surface area contributed by atoms with Crippen LogP contribution in [0.15, 0.2) is 48.5 Å². The summed E-state index contributed by atoms with van der Waals surface area (Å²) in [5.41, 5.74) is 1.85. The van der Waals surface area contributed by atoms with Crippen molar-refractivity contribution in [2.75, 3.05) is 11.9 Å². The van der Waals surface area contributed by atoms with Crippen LogP contribution in [0.2, 0.25) is 0 Å². The van der Waals surface area contributed by atoms with E-state index >= 15 is 0 Å². The Bertz CT molecular complexity index is 700. The number of para-hydroxylation sites is 2. The summed E-state index contributed by atoms with van der Waals surface area (Å²) in [4.78, 5) is 12.2. The van der Waals surface area contributed by atoms with Crippen molar-refractivity contribution in [3.05, 3.63) is 54.1 Å². The molecule has 4 nitrogen and oxygen atoms in total. The quantitative estimate of drug-likeness (QED) is 0.786. The lowest BCUT2D eigenvalue weighted by atomic mass is 10.1. The number of halogens is 1. The monoisotopic (exact) mass is 360 g/mol. The zero-order valence-corrected chi connectivity index (χ0v) is 15.3. The Kier molecular flexibility index (Phi) is 7.29. The molecule has 0 bridgehead atoms. The fourth-order valence-electron chi connectivity index (χ4n) is 2.99. The minimum Gasteiger partial charge on any atom is -0.455 e. The second kappa shape index (κ2) is 9.44. The highest BCUT2D eigenvalue weighted by Gasteiger charge is 2.16. The summed E-state index contributed by atoms with van der Waals surface area (Å²) in [6.07, 6.45) is 3.78. The molecule has 2 N–H and O–H groups in total. The molecule has 1 aliphatic heterocycles. The summed E-state index contributed by atoms with van der Waals surface area (Å²) in [5.74, 6) is 1.46. The van der Waals surface area contributed by atoms with Crippen LogP contribution in [0.3, 0.4) is 0 Å². The first-order valence-electron chi connectivity index (χ1n) is 8.57. The highest BCUT2D eigenvalue weighted by molar-refractivity contribution is 5.92. The van der Waals surface area contributed by atoms with Gasteiger partial charge in [0.05, 0.1) is 5.69 Å². The molecule has 1 amide bonds. The molecule has 0 radical (unpaired) electrons. The molecule has 134 valence electrons. The Labute approximate surface area is 155 Å². The third-order valence-corrected chi connectivity index (χ3v) is 4.26. The van der Waals surface area contributed by atoms with Crippen molar-refractivity contribution < 1.29 is 9.53 Å². The number of carbonyl (C=O) groups excluding carboxylic acids is 1. The van der Waals surface area contributed by atoms with Crippen molar-refractivity contribution in [1.29, 1.82) is 0 Å². The van der Waals surface area contributed by atoms with Gasteiger partial charge in [-0.1, -0.05) is 24.3 Å². The van der Waals surface area contributed by atoms with Gasteiger partial charge in [0.15, 0.2) is 5.75 Å². The van der Waals surface area contributed by atoms with Crippen molar-refractivity contribution in [2.45, 2.75) is 38.6 Å². The first-order valence-corrected chi connectivity index (χ1v) is 8.57. The van der Waals surface area contributed by atoms with Crippen LogP contribution in [-0.4, -0.2) is 18.5 Å². The highest BCUT2D eigenvalue weighted by atomic mass is 35.5. The van der Waals surface area contributed by atoms with Gasteiger partial charge < -0.3 is 15.4 Å². The lowest BCUT2D eigenvalue weighted by Crippen LogP contribution is -2.23. The standard InChI is InChI=1S/C20H24N2O2.ClH/c1-15-6-4-8-17(14-15)24-19-10-3-2-9-18(19)22-20(23)12-11-16-7-5-13-21-16;/h2-4,6,8-10,14,16,21H,5,7,11-13H2,1H3,(H,22,23);1H. The van der Waals surface area contributed by atoms with Crippen molar-refractivity contribution >= 4 is 24.0 Å². The summed E-state index contributed by atoms with van der Waals surface area (Å²) in [6.45, 7) is 3.09. The molecule has 0 saturated carbocycles. The Morgan fingerprint density at radius 3 is 2.84 bits per heavy atom. The maximum Gasteiger partial charge on any atom is 0.224 e. The second-order valence-electron chi connectivity index (χ2n) is 6.29. The average molecular weight is 361 g/mol. The Morgan fingerprint density at radius 1 is 1.24 bits per heavy atom. The normalized spacial score (nSPS) is 16.1. The highest BCUT2D eigenvalue weighted by Crippen LogP contribution is 2.29. The van der Waals surface area contributed by atoms with Gasteiger partial charge in [-0.05, 0) is 62.6 Å². The predicted octanol–water partition coefficient (Wildman–Crippen LogP) is 4.68. The van der Waals surface area contributed by atoms with Gasteiger partial charge in [-0.2, -0.15) is 0 Å². The van der Waals surface area contributed by atoms with E-state index in [1.54, 1.807) is 0 Å². The maximum absolute atomic E-state index is 12.2. The number of amides is 1. The van der Waals surface area contributed by atoms with Crippen LogP contribution >= 0.6 is 12.4 Å². The van der Waals surface area contributed by atoms with E-state index in [1.165, 1.54) is 12.8 Å². The largest absolute Gasteiger partial charge is 0.455 e. The number of rotatable bonds is 6. The SMILES string of the molecule is Cc1cccc(Oc2ccccc2NC(=O)CCC2CCCN2)c1.Cl. The Morgan fingerprint density at radius 2 is 2.08 bits per heavy atom. The van der Waals surface area contributed by atoms with Gasteiger partial charge in [0.1, 0.15) is 5.75 Å². The van der Waals surface area contributed by atoms with Crippen LogP contribution in [-0.2, 0) is 4.79 Å². The van der Waals surface area contributed by atoms with Crippen molar-refractivity contribution in [2.24, 2.45) is 0 Å². The molecule has 0 aromatic heterocycles. The van der Waals surface area contributed by atoms with Crippen LogP contribution < -0.4 is 15.4 Å². The molecule has 1 unspecified atom stereocenters. The molecule has 1 saturated heterocycles. The minimum atomic E-state index is 0. The van der Waals surface area contributed by atoms with Crippen LogP contribution in [0.25, 0.3) is 0 Å². The summed E-state index contributed by atoms with van der Waals surface area (Å²) in [5, 5.41) is 6.40. The van der Waals surface area contributed by atoms with E-state index in [9.17, 15) is 4.79 Å². The molecular weight excluding hydrogens is 336 g/mol. The number of anilines is 1. The van der Waals surface area contributed by atoms with E-state index in [0.717, 1.165) is 24.3 Å². The third-order valence-electron chi connectivity index (χ3n) is 4.26. The number of carbonyl (C=O) groups is 1. The van der Waals surface area contributed by atoms with Gasteiger partial charge >= 0.3 is 0 Å². The van der Waals surface area contributed by atoms with Gasteiger partial charge in [0.25, 0.3) is 0 Å². The molecule has 0 aliphatic carbocycles. The molecule has 3 rings (SSSR count). The summed E-state index contributed by atoms with van der Waals surface area (Å²) in [6, 6.07) is 15.9. The topological polar surface area (TPSA) is 50.4 Å². The first kappa shape index (κ1) is 19.3. The number of benzene rings is 2. The van der Waals surface area contributed by atoms with Gasteiger partial charge in [-0.3, -0.25) is 4.79 Å². The maximum atomic E-state index is 12.2. The molecule has 5 heteroatoms. The van der Waals surface area contributed by atoms with E-state index in [2.05, 4.69) is 10.6 Å². The van der Waals surface area contributed by atoms with Crippen LogP contribution in [0.5, 0.6) is 11.5 Å². The summed E-state index contributed by atoms with van der Waals surface area (Å²) < 4.78 is 5.94. The molecular formula is C20H25ClN2O2. The van der Waals surface area contributed by atoms with Crippen molar-refractivity contribution in [3.8, 4) is 11.5 Å². The molecule has 2 aromatic rings. The van der Waals surface area contributed by atoms with E-state index in [-0.39, 0.29) is 18.3 Å². The molecule has 1 atom stereocenters. The smallest absolute Gasteiger partial charge is 0.224 e. The zero-order chi connectivity index (χ0) is 16.8. The average Bonchev–Trinajstić information content (AvgIpc) is 3.08. The van der Waals surface area contributed by atoms with Gasteiger partial charge in [-0.15, -0.1) is 12.4 Å². The molecule has 0 spiro atoms. The Hall–Kier alpha value is -2.04. The van der Waals surface area contributed by atoms with Crippen molar-refractivity contribution in [1.82, 2.24) is 5.32 Å². The molecule has 25 heavy (non-hydrogen) atoms. The van der Waals surface area contributed by atoms with Crippen molar-refractivity contribution in [3.63, 3.8) is 0 Å². The molecule has 2 aromatic carbocycles. The van der Waals surface area contributed by atoms with Crippen LogP contribution in [0.1, 0.15) is 31.2 Å². The lowest BCUT2D eigenvalue weighted by Gasteiger charge is -2.13. The second-order valence-corrected chi connectivity index (χ2v) is 6.29. The summed E-state index contributed by atoms with van der Waals surface area (Å²) in [7, 11) is 0. The predicted molar refractivity (Wildman–Crippen MR) is 104 cm³/mol. The van der Waals surface area contributed by atoms with E-state index in [0.29, 0.717) is 23.9 Å². The fraction of sp³-hybridized carbons (Fsp3) is 0.350. The van der Waals surface area contributed by atoms with E-state index in [4.69, 9.17) is 4.74 Å². The minimum absolute atomic E-state index is 0. The third kappa shape index (κ3) is 5.76. The number of aryl methyl sites for hydroxylation is 1. The fourth-order valence-corrected chi connectivity index (χ4v) is 2.99.